The molecule has 1 heterocycles. The predicted octanol–water partition coefficient (Wildman–Crippen LogP) is 4.69. The van der Waals surface area contributed by atoms with E-state index < -0.39 is 0 Å². The molecule has 1 unspecified atom stereocenters. The Morgan fingerprint density at radius 3 is 2.25 bits per heavy atom. The highest BCUT2D eigenvalue weighted by Gasteiger charge is 2.35. The molecule has 0 aromatic carbocycles. The molecule has 0 amide bonds. The van der Waals surface area contributed by atoms with Crippen molar-refractivity contribution in [3.05, 3.63) is 11.3 Å². The summed E-state index contributed by atoms with van der Waals surface area (Å²) in [4.78, 5) is 2.57. The fourth-order valence-corrected chi connectivity index (χ4v) is 3.59. The number of hydrogen-bond acceptors (Lipinski definition) is 1. The monoisotopic (exact) mass is 225 g/mol. The second kappa shape index (κ2) is 5.25. The topological polar surface area (TPSA) is 3.24 Å². The first-order valence-electron chi connectivity index (χ1n) is 6.29. The summed E-state index contributed by atoms with van der Waals surface area (Å²) in [5, 5.41) is 0. The molecule has 1 aliphatic rings. The molecule has 1 aliphatic heterocycles. The molecule has 0 aliphatic carbocycles. The highest BCUT2D eigenvalue weighted by atomic mass is 15.2. The van der Waals surface area contributed by atoms with Crippen LogP contribution in [-0.4, -0.2) is 17.0 Å². The Morgan fingerprint density at radius 1 is 1.38 bits per heavy atom. The van der Waals surface area contributed by atoms with Crippen molar-refractivity contribution in [2.24, 2.45) is 11.8 Å². The second-order valence-electron chi connectivity index (χ2n) is 5.86. The van der Waals surface area contributed by atoms with Crippen LogP contribution in [0.2, 0.25) is 0 Å². The fraction of sp³-hybridized carbons (Fsp3) is 0.867. The van der Waals surface area contributed by atoms with E-state index in [1.165, 1.54) is 12.1 Å². The molecule has 96 valence electrons. The van der Waals surface area contributed by atoms with E-state index in [0.29, 0.717) is 11.5 Å². The van der Waals surface area contributed by atoms with Crippen LogP contribution >= 0.6 is 0 Å². The third-order valence-corrected chi connectivity index (χ3v) is 3.83. The average Bonchev–Trinajstić information content (AvgIpc) is 2.00. The molecule has 1 heteroatoms. The summed E-state index contributed by atoms with van der Waals surface area (Å²) >= 11 is 0. The Balaban J connectivity index is 0.00000225. The number of allylic oxidation sites excluding steroid dienone is 2. The van der Waals surface area contributed by atoms with Crippen molar-refractivity contribution in [2.45, 2.75) is 67.9 Å². The number of nitrogens with zero attached hydrogens (tertiary/aromatic N) is 1. The first-order valence-corrected chi connectivity index (χ1v) is 6.29. The molecule has 0 aromatic heterocycles. The Labute approximate surface area is 103 Å². The van der Waals surface area contributed by atoms with E-state index in [2.05, 4.69) is 53.4 Å². The summed E-state index contributed by atoms with van der Waals surface area (Å²) < 4.78 is 0. The van der Waals surface area contributed by atoms with Gasteiger partial charge in [-0.3, -0.25) is 0 Å². The van der Waals surface area contributed by atoms with E-state index >= 15 is 0 Å². The Morgan fingerprint density at radius 2 is 1.88 bits per heavy atom. The first-order chi connectivity index (χ1) is 6.81. The fourth-order valence-electron chi connectivity index (χ4n) is 3.59. The maximum atomic E-state index is 2.57. The quantitative estimate of drug-likeness (QED) is 0.659. The van der Waals surface area contributed by atoms with Gasteiger partial charge in [-0.05, 0) is 51.5 Å². The van der Waals surface area contributed by atoms with Gasteiger partial charge in [-0.25, -0.2) is 0 Å². The van der Waals surface area contributed by atoms with E-state index in [0.717, 1.165) is 12.5 Å². The van der Waals surface area contributed by atoms with Crippen LogP contribution in [0, 0.1) is 11.8 Å². The smallest absolute Gasteiger partial charge is 0.0348 e. The van der Waals surface area contributed by atoms with Crippen molar-refractivity contribution in [1.29, 1.82) is 0 Å². The second-order valence-corrected chi connectivity index (χ2v) is 5.86. The highest BCUT2D eigenvalue weighted by molar-refractivity contribution is 5.22. The summed E-state index contributed by atoms with van der Waals surface area (Å²) in [6.45, 7) is 17.5. The van der Waals surface area contributed by atoms with Crippen LogP contribution < -0.4 is 0 Å². The maximum Gasteiger partial charge on any atom is 0.0348 e. The molecule has 0 fully saturated rings. The molecule has 0 aromatic rings. The van der Waals surface area contributed by atoms with Crippen LogP contribution in [0.25, 0.3) is 0 Å². The van der Waals surface area contributed by atoms with Gasteiger partial charge in [0.1, 0.15) is 0 Å². The van der Waals surface area contributed by atoms with Crippen molar-refractivity contribution in [3.63, 3.8) is 0 Å². The molecule has 1 atom stereocenters. The van der Waals surface area contributed by atoms with Crippen molar-refractivity contribution in [1.82, 2.24) is 4.90 Å². The van der Waals surface area contributed by atoms with Crippen LogP contribution in [-0.2, 0) is 0 Å². The van der Waals surface area contributed by atoms with E-state index in [-0.39, 0.29) is 7.43 Å². The normalized spacial score (nSPS) is 24.8. The van der Waals surface area contributed by atoms with Crippen LogP contribution in [0.5, 0.6) is 0 Å². The predicted molar refractivity (Wildman–Crippen MR) is 74.5 cm³/mol. The minimum absolute atomic E-state index is 0. The SMILES string of the molecule is C.CCN1C(C)=C(C(C)C)C(C)CC1(C)C. The summed E-state index contributed by atoms with van der Waals surface area (Å²) in [5.74, 6) is 1.42. The van der Waals surface area contributed by atoms with Crippen LogP contribution in [0.4, 0.5) is 0 Å². The van der Waals surface area contributed by atoms with Gasteiger partial charge in [0.15, 0.2) is 0 Å². The van der Waals surface area contributed by atoms with E-state index in [1.807, 2.05) is 0 Å². The number of rotatable bonds is 2. The molecular formula is C15H31N. The van der Waals surface area contributed by atoms with E-state index in [9.17, 15) is 0 Å². The van der Waals surface area contributed by atoms with Crippen molar-refractivity contribution < 1.29 is 0 Å². The largest absolute Gasteiger partial charge is 0.370 e. The molecular weight excluding hydrogens is 194 g/mol. The molecule has 0 spiro atoms. The standard InChI is InChI=1S/C14H27N.CH4/c1-8-15-12(5)13(10(2)3)11(4)9-14(15,6)7;/h10-11H,8-9H2,1-7H3;1H4. The van der Waals surface area contributed by atoms with Gasteiger partial charge < -0.3 is 4.90 Å². The van der Waals surface area contributed by atoms with Gasteiger partial charge in [-0.15, -0.1) is 0 Å². The van der Waals surface area contributed by atoms with E-state index in [1.54, 1.807) is 5.57 Å². The summed E-state index contributed by atoms with van der Waals surface area (Å²) in [5.41, 5.74) is 3.52. The van der Waals surface area contributed by atoms with Crippen LogP contribution in [0.1, 0.15) is 62.3 Å². The van der Waals surface area contributed by atoms with Crippen molar-refractivity contribution >= 4 is 0 Å². The lowest BCUT2D eigenvalue weighted by Gasteiger charge is -2.48. The van der Waals surface area contributed by atoms with E-state index in [4.69, 9.17) is 0 Å². The zero-order valence-electron chi connectivity index (χ0n) is 11.5. The lowest BCUT2D eigenvalue weighted by molar-refractivity contribution is 0.121. The minimum Gasteiger partial charge on any atom is -0.370 e. The molecule has 0 N–H and O–H groups in total. The zero-order valence-corrected chi connectivity index (χ0v) is 11.5. The zero-order chi connectivity index (χ0) is 11.8. The minimum atomic E-state index is 0. The molecule has 0 saturated carbocycles. The molecule has 0 saturated heterocycles. The Hall–Kier alpha value is -0.460. The third-order valence-electron chi connectivity index (χ3n) is 3.83. The Bertz CT molecular complexity index is 261. The summed E-state index contributed by atoms with van der Waals surface area (Å²) in [6, 6.07) is 0. The maximum absolute atomic E-state index is 2.57. The van der Waals surface area contributed by atoms with Gasteiger partial charge in [0.2, 0.25) is 0 Å². The van der Waals surface area contributed by atoms with Gasteiger partial charge in [0.05, 0.1) is 0 Å². The summed E-state index contributed by atoms with van der Waals surface area (Å²) in [7, 11) is 0. The number of hydrogen-bond donors (Lipinski definition) is 0. The van der Waals surface area contributed by atoms with Crippen LogP contribution in [0.3, 0.4) is 0 Å². The van der Waals surface area contributed by atoms with Gasteiger partial charge in [0, 0.05) is 17.8 Å². The molecule has 1 nitrogen and oxygen atoms in total. The van der Waals surface area contributed by atoms with Gasteiger partial charge in [-0.2, -0.15) is 0 Å². The van der Waals surface area contributed by atoms with Gasteiger partial charge in [0.25, 0.3) is 0 Å². The third kappa shape index (κ3) is 2.61. The van der Waals surface area contributed by atoms with Crippen molar-refractivity contribution in [3.8, 4) is 0 Å². The molecule has 16 heavy (non-hydrogen) atoms. The molecule has 0 bridgehead atoms. The average molecular weight is 225 g/mol. The van der Waals surface area contributed by atoms with Crippen molar-refractivity contribution in [2.75, 3.05) is 6.54 Å². The Kier molecular flexibility index (Phi) is 5.10. The molecule has 1 rings (SSSR count). The van der Waals surface area contributed by atoms with Crippen LogP contribution in [0.15, 0.2) is 11.3 Å². The highest BCUT2D eigenvalue weighted by Crippen LogP contribution is 2.40. The lowest BCUT2D eigenvalue weighted by atomic mass is 9.76. The molecule has 0 radical (unpaired) electrons. The lowest BCUT2D eigenvalue weighted by Crippen LogP contribution is -2.48. The van der Waals surface area contributed by atoms with Gasteiger partial charge in [-0.1, -0.05) is 28.2 Å². The van der Waals surface area contributed by atoms with Gasteiger partial charge >= 0.3 is 0 Å². The first kappa shape index (κ1) is 15.5. The summed E-state index contributed by atoms with van der Waals surface area (Å²) in [6.07, 6.45) is 1.28.